The van der Waals surface area contributed by atoms with Crippen molar-refractivity contribution in [2.75, 3.05) is 50.3 Å². The summed E-state index contributed by atoms with van der Waals surface area (Å²) in [6.07, 6.45) is 0.749. The molecular formula is C31H34BrN3O5. The zero-order valence-corrected chi connectivity index (χ0v) is 24.4. The number of piperidine rings is 1. The molecule has 40 heavy (non-hydrogen) atoms. The summed E-state index contributed by atoms with van der Waals surface area (Å²) in [6.45, 7) is 3.36. The maximum absolute atomic E-state index is 13.9. The number of benzene rings is 3. The average molecular weight is 609 g/mol. The summed E-state index contributed by atoms with van der Waals surface area (Å²) in [5.74, 6) is 0.888. The van der Waals surface area contributed by atoms with E-state index < -0.39 is 12.0 Å². The molecule has 3 aromatic rings. The van der Waals surface area contributed by atoms with Crippen LogP contribution in [0, 0.1) is 5.92 Å². The minimum absolute atomic E-state index is 0.0162. The van der Waals surface area contributed by atoms with Gasteiger partial charge in [-0.15, -0.1) is 0 Å². The third-order valence-corrected chi connectivity index (χ3v) is 8.09. The van der Waals surface area contributed by atoms with E-state index in [1.807, 2.05) is 60.7 Å². The van der Waals surface area contributed by atoms with Gasteiger partial charge in [0.15, 0.2) is 0 Å². The Morgan fingerprint density at radius 2 is 1.62 bits per heavy atom. The average Bonchev–Trinajstić information content (AvgIpc) is 3.00. The summed E-state index contributed by atoms with van der Waals surface area (Å²) in [6, 6.07) is 20.7. The van der Waals surface area contributed by atoms with Crippen LogP contribution < -0.4 is 24.6 Å². The molecule has 5 rings (SSSR count). The minimum Gasteiger partial charge on any atom is -0.497 e. The van der Waals surface area contributed by atoms with Crippen molar-refractivity contribution < 1.29 is 23.8 Å². The first-order valence-electron chi connectivity index (χ1n) is 13.5. The minimum atomic E-state index is -0.468. The second kappa shape index (κ2) is 12.7. The van der Waals surface area contributed by atoms with Gasteiger partial charge >= 0.3 is 0 Å². The predicted molar refractivity (Wildman–Crippen MR) is 158 cm³/mol. The van der Waals surface area contributed by atoms with Gasteiger partial charge in [-0.25, -0.2) is 0 Å². The van der Waals surface area contributed by atoms with Gasteiger partial charge in [0.05, 0.1) is 39.4 Å². The monoisotopic (exact) mass is 607 g/mol. The molecule has 1 N–H and O–H groups in total. The highest BCUT2D eigenvalue weighted by molar-refractivity contribution is 9.10. The lowest BCUT2D eigenvalue weighted by molar-refractivity contribution is -0.129. The highest BCUT2D eigenvalue weighted by Crippen LogP contribution is 2.41. The normalized spacial score (nSPS) is 19.3. The van der Waals surface area contributed by atoms with E-state index in [-0.39, 0.29) is 18.2 Å². The Bertz CT molecular complexity index is 1330. The molecule has 2 unspecified atom stereocenters. The SMILES string of the molecule is COc1ccc(C2C(C(=O)NCc3ccc(Br)cc3N3CCOCC3)CCC(=O)N2c2ccc(OC)cc2)cc1. The summed E-state index contributed by atoms with van der Waals surface area (Å²) in [5.41, 5.74) is 3.73. The summed E-state index contributed by atoms with van der Waals surface area (Å²) >= 11 is 3.59. The molecule has 2 saturated heterocycles. The lowest BCUT2D eigenvalue weighted by Crippen LogP contribution is -2.48. The van der Waals surface area contributed by atoms with Crippen LogP contribution in [-0.4, -0.2) is 52.3 Å². The van der Waals surface area contributed by atoms with Crippen LogP contribution in [0.3, 0.4) is 0 Å². The van der Waals surface area contributed by atoms with Gasteiger partial charge in [-0.3, -0.25) is 9.59 Å². The lowest BCUT2D eigenvalue weighted by Gasteiger charge is -2.41. The predicted octanol–water partition coefficient (Wildman–Crippen LogP) is 5.10. The largest absolute Gasteiger partial charge is 0.497 e. The number of hydrogen-bond donors (Lipinski definition) is 1. The summed E-state index contributed by atoms with van der Waals surface area (Å²) in [4.78, 5) is 31.3. The molecule has 0 radical (unpaired) electrons. The Kier molecular flexibility index (Phi) is 8.91. The highest BCUT2D eigenvalue weighted by atomic mass is 79.9. The number of carbonyl (C=O) groups is 2. The molecule has 2 aliphatic heterocycles. The Morgan fingerprint density at radius 3 is 2.27 bits per heavy atom. The number of morpholine rings is 1. The zero-order valence-electron chi connectivity index (χ0n) is 22.8. The number of carbonyl (C=O) groups excluding carboxylic acids is 2. The quantitative estimate of drug-likeness (QED) is 0.384. The Labute approximate surface area is 243 Å². The van der Waals surface area contributed by atoms with Crippen LogP contribution in [0.1, 0.15) is 30.0 Å². The molecule has 2 heterocycles. The van der Waals surface area contributed by atoms with Crippen molar-refractivity contribution in [2.45, 2.75) is 25.4 Å². The maximum Gasteiger partial charge on any atom is 0.227 e. The number of methoxy groups -OCH3 is 2. The number of amides is 2. The van der Waals surface area contributed by atoms with Crippen LogP contribution in [0.25, 0.3) is 0 Å². The molecule has 2 atom stereocenters. The molecule has 0 spiro atoms. The van der Waals surface area contributed by atoms with Crippen molar-refractivity contribution in [2.24, 2.45) is 5.92 Å². The van der Waals surface area contributed by atoms with E-state index in [1.54, 1.807) is 19.1 Å². The molecule has 8 nitrogen and oxygen atoms in total. The Balaban J connectivity index is 1.43. The van der Waals surface area contributed by atoms with Crippen molar-refractivity contribution in [1.82, 2.24) is 5.32 Å². The fraction of sp³-hybridized carbons (Fsp3) is 0.355. The molecule has 2 fully saturated rings. The van der Waals surface area contributed by atoms with Crippen molar-refractivity contribution >= 4 is 39.1 Å². The molecular weight excluding hydrogens is 574 g/mol. The first-order valence-corrected chi connectivity index (χ1v) is 14.3. The topological polar surface area (TPSA) is 80.3 Å². The Hall–Kier alpha value is -3.56. The number of anilines is 2. The standard InChI is InChI=1S/C31H34BrN3O5/c1-38-25-9-4-21(5-10-25)30-27(13-14-29(36)35(30)24-7-11-26(39-2)12-8-24)31(37)33-20-22-3-6-23(32)19-28(22)34-15-17-40-18-16-34/h3-12,19,27,30H,13-18,20H2,1-2H3,(H,33,37). The molecule has 210 valence electrons. The van der Waals surface area contributed by atoms with E-state index in [2.05, 4.69) is 32.2 Å². The van der Waals surface area contributed by atoms with Crippen LogP contribution >= 0.6 is 15.9 Å². The van der Waals surface area contributed by atoms with Gasteiger partial charge in [0, 0.05) is 41.9 Å². The summed E-state index contributed by atoms with van der Waals surface area (Å²) in [7, 11) is 3.23. The van der Waals surface area contributed by atoms with E-state index >= 15 is 0 Å². The van der Waals surface area contributed by atoms with Gasteiger partial charge in [0.25, 0.3) is 0 Å². The van der Waals surface area contributed by atoms with Gasteiger partial charge in [0.2, 0.25) is 11.8 Å². The van der Waals surface area contributed by atoms with E-state index in [0.29, 0.717) is 37.7 Å². The van der Waals surface area contributed by atoms with Gasteiger partial charge in [-0.2, -0.15) is 0 Å². The van der Waals surface area contributed by atoms with Gasteiger partial charge in [-0.1, -0.05) is 34.1 Å². The van der Waals surface area contributed by atoms with Crippen LogP contribution in [0.2, 0.25) is 0 Å². The first kappa shape index (κ1) is 28.0. The molecule has 0 aromatic heterocycles. The maximum atomic E-state index is 13.9. The van der Waals surface area contributed by atoms with Gasteiger partial charge in [-0.05, 0) is 66.1 Å². The van der Waals surface area contributed by atoms with Crippen molar-refractivity contribution in [3.05, 3.63) is 82.3 Å². The molecule has 0 bridgehead atoms. The number of hydrogen-bond acceptors (Lipinski definition) is 6. The third kappa shape index (κ3) is 6.10. The van der Waals surface area contributed by atoms with Crippen LogP contribution in [-0.2, 0) is 20.9 Å². The number of nitrogens with zero attached hydrogens (tertiary/aromatic N) is 2. The van der Waals surface area contributed by atoms with Gasteiger partial charge in [0.1, 0.15) is 11.5 Å². The second-order valence-electron chi connectivity index (χ2n) is 9.92. The lowest BCUT2D eigenvalue weighted by atomic mass is 9.83. The second-order valence-corrected chi connectivity index (χ2v) is 10.8. The van der Waals surface area contributed by atoms with E-state index in [1.165, 1.54) is 0 Å². The molecule has 0 aliphatic carbocycles. The van der Waals surface area contributed by atoms with Gasteiger partial charge < -0.3 is 29.3 Å². The third-order valence-electron chi connectivity index (χ3n) is 7.59. The molecule has 9 heteroatoms. The fourth-order valence-electron chi connectivity index (χ4n) is 5.50. The first-order chi connectivity index (χ1) is 19.5. The van der Waals surface area contributed by atoms with Crippen LogP contribution in [0.15, 0.2) is 71.2 Å². The molecule has 3 aromatic carbocycles. The number of rotatable bonds is 8. The summed E-state index contributed by atoms with van der Waals surface area (Å²) in [5, 5.41) is 3.20. The van der Waals surface area contributed by atoms with Crippen LogP contribution in [0.4, 0.5) is 11.4 Å². The highest BCUT2D eigenvalue weighted by Gasteiger charge is 2.41. The van der Waals surface area contributed by atoms with Crippen molar-refractivity contribution in [3.63, 3.8) is 0 Å². The molecule has 2 aliphatic rings. The number of ether oxygens (including phenoxy) is 3. The number of nitrogens with one attached hydrogen (secondary N) is 1. The van der Waals surface area contributed by atoms with Crippen LogP contribution in [0.5, 0.6) is 11.5 Å². The fourth-order valence-corrected chi connectivity index (χ4v) is 5.84. The smallest absolute Gasteiger partial charge is 0.227 e. The van der Waals surface area contributed by atoms with E-state index in [9.17, 15) is 9.59 Å². The van der Waals surface area contributed by atoms with Crippen molar-refractivity contribution in [3.8, 4) is 11.5 Å². The summed E-state index contributed by atoms with van der Waals surface area (Å²) < 4.78 is 17.2. The van der Waals surface area contributed by atoms with Crippen molar-refractivity contribution in [1.29, 1.82) is 0 Å². The zero-order chi connectivity index (χ0) is 28.1. The molecule has 0 saturated carbocycles. The van der Waals surface area contributed by atoms with E-state index in [0.717, 1.165) is 40.1 Å². The number of halogens is 1. The molecule has 2 amide bonds. The van der Waals surface area contributed by atoms with E-state index in [4.69, 9.17) is 14.2 Å². The Morgan fingerprint density at radius 1 is 0.975 bits per heavy atom.